The zero-order chi connectivity index (χ0) is 17.7. The van der Waals surface area contributed by atoms with Crippen molar-refractivity contribution in [3.8, 4) is 5.75 Å². The number of hydrogen-bond acceptors (Lipinski definition) is 6. The van der Waals surface area contributed by atoms with E-state index >= 15 is 0 Å². The Balaban J connectivity index is 1.42. The van der Waals surface area contributed by atoms with Gasteiger partial charge < -0.3 is 24.7 Å². The number of benzene rings is 2. The molecule has 6 heteroatoms. The lowest BCUT2D eigenvalue weighted by Crippen LogP contribution is -2.14. The van der Waals surface area contributed by atoms with E-state index in [-0.39, 0.29) is 12.6 Å². The van der Waals surface area contributed by atoms with Crippen molar-refractivity contribution in [2.75, 3.05) is 45.4 Å². The second-order valence-corrected chi connectivity index (χ2v) is 5.11. The van der Waals surface area contributed by atoms with E-state index in [0.717, 1.165) is 0 Å². The zero-order valence-corrected chi connectivity index (χ0v) is 14.1. The molecule has 0 atom stereocenters. The smallest absolute Gasteiger partial charge is 0.338 e. The van der Waals surface area contributed by atoms with Gasteiger partial charge in [0.05, 0.1) is 37.7 Å². The second-order valence-electron chi connectivity index (χ2n) is 5.11. The third kappa shape index (κ3) is 7.24. The molecule has 0 saturated carbocycles. The van der Waals surface area contributed by atoms with Crippen molar-refractivity contribution in [1.82, 2.24) is 0 Å². The lowest BCUT2D eigenvalue weighted by atomic mass is 10.2. The van der Waals surface area contributed by atoms with Crippen LogP contribution in [0, 0.1) is 0 Å². The normalized spacial score (nSPS) is 10.4. The summed E-state index contributed by atoms with van der Waals surface area (Å²) in [5, 5.41) is 0. The first-order valence-electron chi connectivity index (χ1n) is 8.12. The van der Waals surface area contributed by atoms with Gasteiger partial charge in [0.1, 0.15) is 19.0 Å². The molecule has 2 rings (SSSR count). The summed E-state index contributed by atoms with van der Waals surface area (Å²) in [5.41, 5.74) is 6.91. The van der Waals surface area contributed by atoms with Crippen LogP contribution in [-0.4, -0.2) is 45.6 Å². The largest absolute Gasteiger partial charge is 0.489 e. The van der Waals surface area contributed by atoms with Gasteiger partial charge in [0, 0.05) is 0 Å². The van der Waals surface area contributed by atoms with Crippen molar-refractivity contribution in [3.63, 3.8) is 0 Å². The van der Waals surface area contributed by atoms with Crippen molar-refractivity contribution < 1.29 is 23.7 Å². The minimum absolute atomic E-state index is 0.212. The highest BCUT2D eigenvalue weighted by atomic mass is 16.6. The van der Waals surface area contributed by atoms with Crippen LogP contribution in [-0.2, 0) is 14.2 Å². The number of rotatable bonds is 11. The van der Waals surface area contributed by atoms with Gasteiger partial charge >= 0.3 is 5.97 Å². The molecule has 0 aromatic heterocycles. The molecule has 0 fully saturated rings. The molecule has 0 heterocycles. The first kappa shape index (κ1) is 18.8. The monoisotopic (exact) mass is 345 g/mol. The standard InChI is InChI=1S/C19H23NO5/c20-17-8-4-5-9-18(17)24-14-12-22-10-11-23-13-15-25-19(21)16-6-2-1-3-7-16/h1-9H,10-15,20H2. The Morgan fingerprint density at radius 2 is 1.36 bits per heavy atom. The molecule has 0 spiro atoms. The molecular formula is C19H23NO5. The van der Waals surface area contributed by atoms with E-state index in [1.54, 1.807) is 30.3 Å². The first-order chi connectivity index (χ1) is 12.3. The summed E-state index contributed by atoms with van der Waals surface area (Å²) in [6, 6.07) is 16.2. The number of nitrogen functional groups attached to an aromatic ring is 1. The molecule has 0 saturated heterocycles. The van der Waals surface area contributed by atoms with Crippen molar-refractivity contribution in [1.29, 1.82) is 0 Å². The number of anilines is 1. The van der Waals surface area contributed by atoms with Crippen LogP contribution in [0.2, 0.25) is 0 Å². The highest BCUT2D eigenvalue weighted by molar-refractivity contribution is 5.89. The Morgan fingerprint density at radius 1 is 0.760 bits per heavy atom. The maximum atomic E-state index is 11.7. The number of nitrogens with two attached hydrogens (primary N) is 1. The lowest BCUT2D eigenvalue weighted by molar-refractivity contribution is 0.0106. The summed E-state index contributed by atoms with van der Waals surface area (Å²) >= 11 is 0. The lowest BCUT2D eigenvalue weighted by Gasteiger charge is -2.09. The number of para-hydroxylation sites is 2. The number of carbonyl (C=O) groups is 1. The van der Waals surface area contributed by atoms with Crippen LogP contribution in [0.5, 0.6) is 5.75 Å². The van der Waals surface area contributed by atoms with Gasteiger partial charge in [-0.15, -0.1) is 0 Å². The molecule has 0 unspecified atom stereocenters. The fraction of sp³-hybridized carbons (Fsp3) is 0.316. The molecule has 2 N–H and O–H groups in total. The number of carbonyl (C=O) groups excluding carboxylic acids is 1. The molecular weight excluding hydrogens is 322 g/mol. The minimum atomic E-state index is -0.349. The van der Waals surface area contributed by atoms with E-state index in [1.165, 1.54) is 0 Å². The molecule has 25 heavy (non-hydrogen) atoms. The number of esters is 1. The average Bonchev–Trinajstić information content (AvgIpc) is 2.65. The Labute approximate surface area is 147 Å². The third-order valence-electron chi connectivity index (χ3n) is 3.25. The van der Waals surface area contributed by atoms with Crippen LogP contribution in [0.15, 0.2) is 54.6 Å². The van der Waals surface area contributed by atoms with E-state index in [1.807, 2.05) is 24.3 Å². The number of ether oxygens (including phenoxy) is 4. The summed E-state index contributed by atoms with van der Waals surface area (Å²) in [7, 11) is 0. The van der Waals surface area contributed by atoms with Gasteiger partial charge in [0.15, 0.2) is 0 Å². The molecule has 0 radical (unpaired) electrons. The minimum Gasteiger partial charge on any atom is -0.489 e. The van der Waals surface area contributed by atoms with E-state index < -0.39 is 0 Å². The molecule has 0 amide bonds. The molecule has 0 aliphatic heterocycles. The van der Waals surface area contributed by atoms with Gasteiger partial charge in [-0.25, -0.2) is 4.79 Å². The van der Waals surface area contributed by atoms with Crippen molar-refractivity contribution >= 4 is 11.7 Å². The maximum absolute atomic E-state index is 11.7. The second kappa shape index (κ2) is 11.1. The summed E-state index contributed by atoms with van der Waals surface area (Å²) in [4.78, 5) is 11.7. The highest BCUT2D eigenvalue weighted by Gasteiger charge is 2.05. The SMILES string of the molecule is Nc1ccccc1OCCOCCOCCOC(=O)c1ccccc1. The van der Waals surface area contributed by atoms with Crippen LogP contribution >= 0.6 is 0 Å². The summed E-state index contributed by atoms with van der Waals surface area (Å²) in [5.74, 6) is 0.306. The van der Waals surface area contributed by atoms with Crippen LogP contribution in [0.4, 0.5) is 5.69 Å². The molecule has 2 aromatic carbocycles. The van der Waals surface area contributed by atoms with E-state index in [4.69, 9.17) is 24.7 Å². The quantitative estimate of drug-likeness (QED) is 0.383. The van der Waals surface area contributed by atoms with Crippen molar-refractivity contribution in [2.24, 2.45) is 0 Å². The molecule has 0 bridgehead atoms. The summed E-state index contributed by atoms with van der Waals surface area (Å²) in [6.07, 6.45) is 0. The Morgan fingerprint density at radius 3 is 2.08 bits per heavy atom. The van der Waals surface area contributed by atoms with Crippen LogP contribution < -0.4 is 10.5 Å². The van der Waals surface area contributed by atoms with Crippen molar-refractivity contribution in [2.45, 2.75) is 0 Å². The zero-order valence-electron chi connectivity index (χ0n) is 14.1. The molecule has 2 aromatic rings. The average molecular weight is 345 g/mol. The van der Waals surface area contributed by atoms with Gasteiger partial charge in [0.2, 0.25) is 0 Å². The molecule has 6 nitrogen and oxygen atoms in total. The summed E-state index contributed by atoms with van der Waals surface area (Å²) in [6.45, 7) is 2.28. The molecule has 0 aliphatic rings. The van der Waals surface area contributed by atoms with E-state index in [0.29, 0.717) is 50.0 Å². The predicted molar refractivity (Wildman–Crippen MR) is 94.7 cm³/mol. The van der Waals surface area contributed by atoms with Gasteiger partial charge in [-0.2, -0.15) is 0 Å². The van der Waals surface area contributed by atoms with Gasteiger partial charge in [-0.3, -0.25) is 0 Å². The van der Waals surface area contributed by atoms with Gasteiger partial charge in [-0.05, 0) is 24.3 Å². The van der Waals surface area contributed by atoms with Gasteiger partial charge in [0.25, 0.3) is 0 Å². The van der Waals surface area contributed by atoms with Gasteiger partial charge in [-0.1, -0.05) is 30.3 Å². The van der Waals surface area contributed by atoms with Crippen LogP contribution in [0.25, 0.3) is 0 Å². The molecule has 0 aliphatic carbocycles. The summed E-state index contributed by atoms with van der Waals surface area (Å²) < 4.78 is 21.3. The van der Waals surface area contributed by atoms with E-state index in [2.05, 4.69) is 0 Å². The Kier molecular flexibility index (Phi) is 8.31. The van der Waals surface area contributed by atoms with Crippen molar-refractivity contribution in [3.05, 3.63) is 60.2 Å². The number of hydrogen-bond donors (Lipinski definition) is 1. The topological polar surface area (TPSA) is 80.0 Å². The Bertz CT molecular complexity index is 633. The van der Waals surface area contributed by atoms with Crippen LogP contribution in [0.3, 0.4) is 0 Å². The Hall–Kier alpha value is -2.57. The predicted octanol–water partition coefficient (Wildman–Crippen LogP) is 2.54. The van der Waals surface area contributed by atoms with Crippen LogP contribution in [0.1, 0.15) is 10.4 Å². The fourth-order valence-electron chi connectivity index (χ4n) is 2.00. The highest BCUT2D eigenvalue weighted by Crippen LogP contribution is 2.19. The fourth-order valence-corrected chi connectivity index (χ4v) is 2.00. The third-order valence-corrected chi connectivity index (χ3v) is 3.25. The molecule has 134 valence electrons. The maximum Gasteiger partial charge on any atom is 0.338 e. The first-order valence-corrected chi connectivity index (χ1v) is 8.12. The van der Waals surface area contributed by atoms with E-state index in [9.17, 15) is 4.79 Å².